The average Bonchev–Trinajstić information content (AvgIpc) is 3.24. The molecule has 0 aliphatic heterocycles. The number of fused-ring (bicyclic) bond motifs is 5. The summed E-state index contributed by atoms with van der Waals surface area (Å²) in [6.07, 6.45) is 0. The second-order valence-electron chi connectivity index (χ2n) is 14.0. The number of rotatable bonds is 6. The van der Waals surface area contributed by atoms with Gasteiger partial charge in [-0.1, -0.05) is 223 Å². The fourth-order valence-corrected chi connectivity index (χ4v) is 8.57. The summed E-state index contributed by atoms with van der Waals surface area (Å²) in [6, 6.07) is 77.9. The van der Waals surface area contributed by atoms with E-state index in [4.69, 9.17) is 0 Å². The summed E-state index contributed by atoms with van der Waals surface area (Å²) in [5.74, 6) is 0. The van der Waals surface area contributed by atoms with Crippen molar-refractivity contribution in [2.24, 2.45) is 0 Å². The van der Waals surface area contributed by atoms with Gasteiger partial charge in [0.1, 0.15) is 0 Å². The molecule has 0 amide bonds. The lowest BCUT2D eigenvalue weighted by Crippen LogP contribution is -2.51. The minimum Gasteiger partial charge on any atom is -0.0687 e. The van der Waals surface area contributed by atoms with Crippen LogP contribution in [-0.2, 0) is 0 Å². The Labute approximate surface area is 310 Å². The third kappa shape index (κ3) is 5.41. The van der Waals surface area contributed by atoms with Crippen molar-refractivity contribution in [3.8, 4) is 33.4 Å². The molecule has 0 nitrogen and oxygen atoms in total. The second kappa shape index (κ2) is 13.1. The van der Waals surface area contributed by atoms with Crippen LogP contribution in [0.25, 0.3) is 76.5 Å². The van der Waals surface area contributed by atoms with Crippen molar-refractivity contribution in [3.63, 3.8) is 0 Å². The highest BCUT2D eigenvalue weighted by atomic mass is 14.2. The number of hydrogen-bond donors (Lipinski definition) is 0. The largest absolute Gasteiger partial charge is 0.241 e. The van der Waals surface area contributed by atoms with Gasteiger partial charge in [-0.25, -0.2) is 0 Å². The van der Waals surface area contributed by atoms with E-state index in [1.807, 2.05) is 0 Å². The first-order valence-corrected chi connectivity index (χ1v) is 18.5. The first-order chi connectivity index (χ1) is 26.3. The molecule has 0 radical (unpaired) electrons. The highest BCUT2D eigenvalue weighted by molar-refractivity contribution is 6.95. The smallest absolute Gasteiger partial charge is 0.0687 e. The molecule has 0 spiro atoms. The number of benzene rings is 10. The third-order valence-electron chi connectivity index (χ3n) is 11.0. The van der Waals surface area contributed by atoms with Crippen molar-refractivity contribution in [2.45, 2.75) is 0 Å². The molecular weight excluding hydrogens is 635 g/mol. The van der Waals surface area contributed by atoms with E-state index in [2.05, 4.69) is 212 Å². The molecule has 0 N–H and O–H groups in total. The van der Waals surface area contributed by atoms with Crippen molar-refractivity contribution in [2.75, 3.05) is 0 Å². The predicted molar refractivity (Wildman–Crippen MR) is 230 cm³/mol. The van der Waals surface area contributed by atoms with Crippen LogP contribution in [0.4, 0.5) is 0 Å². The lowest BCUT2D eigenvalue weighted by atomic mass is 9.37. The first-order valence-electron chi connectivity index (χ1n) is 18.5. The maximum absolute atomic E-state index is 2.35. The summed E-state index contributed by atoms with van der Waals surface area (Å²) in [7, 11) is 0. The predicted octanol–water partition coefficient (Wildman–Crippen LogP) is 11.8. The average molecular weight is 671 g/mol. The molecule has 0 saturated heterocycles. The van der Waals surface area contributed by atoms with Gasteiger partial charge in [-0.2, -0.15) is 0 Å². The molecule has 0 saturated carbocycles. The van der Waals surface area contributed by atoms with Gasteiger partial charge in [-0.3, -0.25) is 0 Å². The lowest BCUT2D eigenvalue weighted by Gasteiger charge is -2.19. The van der Waals surface area contributed by atoms with E-state index in [1.54, 1.807) is 0 Å². The molecule has 10 rings (SSSR count). The van der Waals surface area contributed by atoms with Crippen molar-refractivity contribution >= 4 is 66.2 Å². The van der Waals surface area contributed by atoms with E-state index in [0.717, 1.165) is 0 Å². The zero-order chi connectivity index (χ0) is 35.1. The van der Waals surface area contributed by atoms with Crippen molar-refractivity contribution < 1.29 is 0 Å². The van der Waals surface area contributed by atoms with Gasteiger partial charge in [-0.15, -0.1) is 0 Å². The molecule has 0 atom stereocenters. The molecule has 10 aromatic rings. The second-order valence-corrected chi connectivity index (χ2v) is 14.0. The summed E-state index contributed by atoms with van der Waals surface area (Å²) in [5, 5.41) is 10.2. The topological polar surface area (TPSA) is 0 Å². The van der Waals surface area contributed by atoms with Crippen LogP contribution in [0, 0.1) is 0 Å². The van der Waals surface area contributed by atoms with E-state index in [-0.39, 0.29) is 6.71 Å². The molecule has 0 aliphatic rings. The SMILES string of the molecule is c1ccc(B(c2ccc(-c3c4ccccc4c(-c4ccccc4)c4ccccc34)cc2)c2ccc(-c3cc4ccccc4c4ccccc34)cc2)cc1. The molecule has 0 heterocycles. The molecule has 0 unspecified atom stereocenters. The standard InChI is InChI=1S/C52H35B/c1-3-15-37(16-4-1)51-46-23-11-13-25-48(46)52(49-26-14-12-24-47(49)51)38-29-33-42(34-30-38)53(40-18-5-2-6-19-40)41-31-27-36(28-32-41)50-35-39-17-7-8-20-43(39)44-21-9-10-22-45(44)50/h1-35H. The van der Waals surface area contributed by atoms with Gasteiger partial charge in [0, 0.05) is 0 Å². The minimum absolute atomic E-state index is 0.0987. The van der Waals surface area contributed by atoms with E-state index >= 15 is 0 Å². The molecule has 10 aromatic carbocycles. The summed E-state index contributed by atoms with van der Waals surface area (Å²) < 4.78 is 0. The molecule has 0 aromatic heterocycles. The third-order valence-corrected chi connectivity index (χ3v) is 11.0. The Morgan fingerprint density at radius 2 is 0.623 bits per heavy atom. The quantitative estimate of drug-likeness (QED) is 0.0938. The van der Waals surface area contributed by atoms with Gasteiger partial charge < -0.3 is 0 Å². The van der Waals surface area contributed by atoms with Crippen molar-refractivity contribution in [3.05, 3.63) is 212 Å². The Hall–Kier alpha value is -6.70. The molecular formula is C52H35B. The summed E-state index contributed by atoms with van der Waals surface area (Å²) in [6.45, 7) is 0.0987. The summed E-state index contributed by atoms with van der Waals surface area (Å²) in [5.41, 5.74) is 11.4. The van der Waals surface area contributed by atoms with E-state index in [1.165, 1.54) is 92.9 Å². The van der Waals surface area contributed by atoms with Gasteiger partial charge in [0.25, 0.3) is 0 Å². The van der Waals surface area contributed by atoms with Crippen LogP contribution in [-0.4, -0.2) is 6.71 Å². The van der Waals surface area contributed by atoms with Gasteiger partial charge in [0.15, 0.2) is 0 Å². The first kappa shape index (κ1) is 31.1. The van der Waals surface area contributed by atoms with Crippen LogP contribution in [0.5, 0.6) is 0 Å². The highest BCUT2D eigenvalue weighted by Gasteiger charge is 2.23. The van der Waals surface area contributed by atoms with Crippen molar-refractivity contribution in [1.82, 2.24) is 0 Å². The van der Waals surface area contributed by atoms with E-state index in [0.29, 0.717) is 0 Å². The van der Waals surface area contributed by atoms with E-state index < -0.39 is 0 Å². The minimum atomic E-state index is 0.0987. The zero-order valence-electron chi connectivity index (χ0n) is 29.3. The van der Waals surface area contributed by atoms with Gasteiger partial charge in [0.2, 0.25) is 6.71 Å². The van der Waals surface area contributed by atoms with Gasteiger partial charge in [0.05, 0.1) is 0 Å². The fraction of sp³-hybridized carbons (Fsp3) is 0. The molecule has 0 bridgehead atoms. The fourth-order valence-electron chi connectivity index (χ4n) is 8.57. The Kier molecular flexibility index (Phi) is 7.70. The highest BCUT2D eigenvalue weighted by Crippen LogP contribution is 2.43. The Morgan fingerprint density at radius 1 is 0.245 bits per heavy atom. The Morgan fingerprint density at radius 3 is 1.17 bits per heavy atom. The van der Waals surface area contributed by atoms with Gasteiger partial charge in [-0.05, 0) is 82.5 Å². The summed E-state index contributed by atoms with van der Waals surface area (Å²) >= 11 is 0. The van der Waals surface area contributed by atoms with E-state index in [9.17, 15) is 0 Å². The van der Waals surface area contributed by atoms with Crippen molar-refractivity contribution in [1.29, 1.82) is 0 Å². The monoisotopic (exact) mass is 670 g/mol. The Bertz CT molecular complexity index is 2850. The van der Waals surface area contributed by atoms with Crippen LogP contribution < -0.4 is 16.4 Å². The molecule has 53 heavy (non-hydrogen) atoms. The normalized spacial score (nSPS) is 11.4. The van der Waals surface area contributed by atoms with Crippen LogP contribution in [0.1, 0.15) is 0 Å². The number of hydrogen-bond acceptors (Lipinski definition) is 0. The molecule has 0 aliphatic carbocycles. The maximum atomic E-state index is 2.35. The van der Waals surface area contributed by atoms with Crippen LogP contribution >= 0.6 is 0 Å². The van der Waals surface area contributed by atoms with Crippen LogP contribution in [0.3, 0.4) is 0 Å². The lowest BCUT2D eigenvalue weighted by molar-refractivity contribution is 1.65. The Balaban J connectivity index is 1.09. The molecule has 0 fully saturated rings. The molecule has 1 heteroatoms. The van der Waals surface area contributed by atoms with Crippen LogP contribution in [0.15, 0.2) is 212 Å². The zero-order valence-corrected chi connectivity index (χ0v) is 29.3. The van der Waals surface area contributed by atoms with Gasteiger partial charge >= 0.3 is 0 Å². The van der Waals surface area contributed by atoms with Crippen LogP contribution in [0.2, 0.25) is 0 Å². The molecule has 246 valence electrons. The maximum Gasteiger partial charge on any atom is 0.241 e. The summed E-state index contributed by atoms with van der Waals surface area (Å²) in [4.78, 5) is 0.